The first-order chi connectivity index (χ1) is 17.1. The fraction of sp³-hybridized carbons (Fsp3) is 0.259. The van der Waals surface area contributed by atoms with Crippen LogP contribution in [-0.2, 0) is 11.2 Å². The maximum Gasteiger partial charge on any atom is 0.321 e. The van der Waals surface area contributed by atoms with E-state index in [9.17, 15) is 14.9 Å². The number of pyridine rings is 1. The lowest BCUT2D eigenvalue weighted by molar-refractivity contribution is -0.117. The quantitative estimate of drug-likeness (QED) is 0.592. The zero-order chi connectivity index (χ0) is 24.6. The number of anilines is 3. The Morgan fingerprint density at radius 2 is 1.71 bits per heavy atom. The number of aromatic nitrogens is 1. The Hall–Kier alpha value is -4.38. The van der Waals surface area contributed by atoms with Gasteiger partial charge in [-0.05, 0) is 48.9 Å². The number of amides is 3. The molecule has 0 saturated carbocycles. The third kappa shape index (κ3) is 5.76. The third-order valence-electron chi connectivity index (χ3n) is 6.02. The second-order valence-corrected chi connectivity index (χ2v) is 8.24. The van der Waals surface area contributed by atoms with Gasteiger partial charge in [0.1, 0.15) is 11.9 Å². The summed E-state index contributed by atoms with van der Waals surface area (Å²) in [6, 6.07) is 22.5. The van der Waals surface area contributed by atoms with Gasteiger partial charge in [0.05, 0.1) is 12.0 Å². The van der Waals surface area contributed by atoms with Crippen LogP contribution in [0.25, 0.3) is 0 Å². The van der Waals surface area contributed by atoms with Crippen LogP contribution < -0.4 is 15.1 Å². The number of carbonyl (C=O) groups excluding carboxylic acids is 2. The summed E-state index contributed by atoms with van der Waals surface area (Å²) < 4.78 is 0. The lowest BCUT2D eigenvalue weighted by atomic mass is 10.1. The SMILES string of the molecule is CCN(C(=O)Cc1ccc(NC(=O)N2CCN(c3ncccc3C#N)CC2)cc1)c1ccccc1. The molecule has 1 aliphatic rings. The maximum absolute atomic E-state index is 12.8. The van der Waals surface area contributed by atoms with Gasteiger partial charge < -0.3 is 20.0 Å². The molecule has 1 aromatic heterocycles. The molecule has 1 aliphatic heterocycles. The number of nitriles is 1. The van der Waals surface area contributed by atoms with E-state index in [1.165, 1.54) is 0 Å². The van der Waals surface area contributed by atoms with Gasteiger partial charge in [-0.2, -0.15) is 5.26 Å². The molecule has 1 N–H and O–H groups in total. The summed E-state index contributed by atoms with van der Waals surface area (Å²) in [6.07, 6.45) is 1.96. The van der Waals surface area contributed by atoms with Crippen LogP contribution in [0.15, 0.2) is 72.9 Å². The second kappa shape index (κ2) is 11.2. The smallest absolute Gasteiger partial charge is 0.321 e. The first-order valence-corrected chi connectivity index (χ1v) is 11.7. The summed E-state index contributed by atoms with van der Waals surface area (Å²) in [7, 11) is 0. The van der Waals surface area contributed by atoms with Crippen LogP contribution in [-0.4, -0.2) is 54.5 Å². The zero-order valence-electron chi connectivity index (χ0n) is 19.7. The van der Waals surface area contributed by atoms with Crippen molar-refractivity contribution in [2.24, 2.45) is 0 Å². The molecule has 8 nitrogen and oxygen atoms in total. The van der Waals surface area contributed by atoms with Crippen molar-refractivity contribution >= 4 is 29.1 Å². The Morgan fingerprint density at radius 1 is 1.00 bits per heavy atom. The van der Waals surface area contributed by atoms with Crippen molar-refractivity contribution in [3.63, 3.8) is 0 Å². The highest BCUT2D eigenvalue weighted by atomic mass is 16.2. The molecule has 0 atom stereocenters. The van der Waals surface area contributed by atoms with Crippen molar-refractivity contribution in [1.29, 1.82) is 5.26 Å². The number of hydrogen-bond donors (Lipinski definition) is 1. The second-order valence-electron chi connectivity index (χ2n) is 8.24. The van der Waals surface area contributed by atoms with Gasteiger partial charge in [-0.1, -0.05) is 30.3 Å². The Balaban J connectivity index is 1.30. The molecule has 0 aliphatic carbocycles. The van der Waals surface area contributed by atoms with Gasteiger partial charge in [0.15, 0.2) is 0 Å². The normalized spacial score (nSPS) is 13.1. The van der Waals surface area contributed by atoms with Gasteiger partial charge in [-0.15, -0.1) is 0 Å². The van der Waals surface area contributed by atoms with Crippen molar-refractivity contribution in [2.45, 2.75) is 13.3 Å². The highest BCUT2D eigenvalue weighted by molar-refractivity contribution is 5.95. The van der Waals surface area contributed by atoms with Crippen molar-refractivity contribution < 1.29 is 9.59 Å². The van der Waals surface area contributed by atoms with Gasteiger partial charge >= 0.3 is 6.03 Å². The van der Waals surface area contributed by atoms with Crippen molar-refractivity contribution in [3.05, 3.63) is 84.1 Å². The summed E-state index contributed by atoms with van der Waals surface area (Å²) in [4.78, 5) is 35.4. The number of para-hydroxylation sites is 1. The average molecular weight is 469 g/mol. The largest absolute Gasteiger partial charge is 0.352 e. The molecule has 0 radical (unpaired) electrons. The number of urea groups is 1. The van der Waals surface area contributed by atoms with Crippen LogP contribution in [0.3, 0.4) is 0 Å². The third-order valence-corrected chi connectivity index (χ3v) is 6.02. The minimum Gasteiger partial charge on any atom is -0.352 e. The van der Waals surface area contributed by atoms with E-state index in [0.717, 1.165) is 11.3 Å². The molecule has 0 spiro atoms. The molecule has 35 heavy (non-hydrogen) atoms. The fourth-order valence-corrected chi connectivity index (χ4v) is 4.15. The van der Waals surface area contributed by atoms with Crippen LogP contribution in [0.5, 0.6) is 0 Å². The number of piperazine rings is 1. The molecule has 1 fully saturated rings. The molecular formula is C27H28N6O2. The first kappa shape index (κ1) is 23.8. The minimum absolute atomic E-state index is 0.0285. The molecule has 0 bridgehead atoms. The lowest BCUT2D eigenvalue weighted by Crippen LogP contribution is -2.50. The number of nitrogens with zero attached hydrogens (tertiary/aromatic N) is 5. The number of likely N-dealkylation sites (N-methyl/N-ethyl adjacent to an activating group) is 1. The molecular weight excluding hydrogens is 440 g/mol. The minimum atomic E-state index is -0.170. The van der Waals surface area contributed by atoms with E-state index in [4.69, 9.17) is 0 Å². The summed E-state index contributed by atoms with van der Waals surface area (Å²) in [5.41, 5.74) is 2.99. The van der Waals surface area contributed by atoms with Gasteiger partial charge in [-0.3, -0.25) is 4.79 Å². The summed E-state index contributed by atoms with van der Waals surface area (Å²) in [5.74, 6) is 0.690. The number of benzene rings is 2. The van der Waals surface area contributed by atoms with Gasteiger partial charge in [-0.25, -0.2) is 9.78 Å². The Kier molecular flexibility index (Phi) is 7.58. The molecule has 1 saturated heterocycles. The summed E-state index contributed by atoms with van der Waals surface area (Å²) in [5, 5.41) is 12.2. The van der Waals surface area contributed by atoms with Crippen LogP contribution >= 0.6 is 0 Å². The van der Waals surface area contributed by atoms with Gasteiger partial charge in [0, 0.05) is 50.3 Å². The Morgan fingerprint density at radius 3 is 2.37 bits per heavy atom. The van der Waals surface area contributed by atoms with E-state index < -0.39 is 0 Å². The van der Waals surface area contributed by atoms with E-state index >= 15 is 0 Å². The lowest BCUT2D eigenvalue weighted by Gasteiger charge is -2.35. The molecule has 8 heteroatoms. The van der Waals surface area contributed by atoms with Gasteiger partial charge in [0.2, 0.25) is 5.91 Å². The highest BCUT2D eigenvalue weighted by Gasteiger charge is 2.23. The van der Waals surface area contributed by atoms with E-state index in [1.54, 1.807) is 28.1 Å². The maximum atomic E-state index is 12.8. The first-order valence-electron chi connectivity index (χ1n) is 11.7. The zero-order valence-corrected chi connectivity index (χ0v) is 19.7. The van der Waals surface area contributed by atoms with Crippen LogP contribution in [0.4, 0.5) is 22.0 Å². The molecule has 3 aromatic rings. The molecule has 4 rings (SSSR count). The van der Waals surface area contributed by atoms with Crippen molar-refractivity contribution in [2.75, 3.05) is 47.8 Å². The molecule has 178 valence electrons. The Bertz CT molecular complexity index is 1200. The van der Waals surface area contributed by atoms with E-state index in [-0.39, 0.29) is 18.4 Å². The molecule has 3 amide bonds. The fourth-order valence-electron chi connectivity index (χ4n) is 4.15. The number of nitrogens with one attached hydrogen (secondary N) is 1. The average Bonchev–Trinajstić information content (AvgIpc) is 2.91. The van der Waals surface area contributed by atoms with Crippen LogP contribution in [0.1, 0.15) is 18.1 Å². The molecule has 0 unspecified atom stereocenters. The van der Waals surface area contributed by atoms with Gasteiger partial charge in [0.25, 0.3) is 0 Å². The number of rotatable bonds is 6. The number of carbonyl (C=O) groups is 2. The number of hydrogen-bond acceptors (Lipinski definition) is 5. The summed E-state index contributed by atoms with van der Waals surface area (Å²) in [6.45, 7) is 4.84. The standard InChI is InChI=1S/C27H28N6O2/c1-2-33(24-8-4-3-5-9-24)25(34)19-21-10-12-23(13-11-21)30-27(35)32-17-15-31(16-18-32)26-22(20-28)7-6-14-29-26/h3-14H,2,15-19H2,1H3,(H,30,35). The molecule has 2 aromatic carbocycles. The predicted octanol–water partition coefficient (Wildman–Crippen LogP) is 3.90. The van der Waals surface area contributed by atoms with Crippen molar-refractivity contribution in [3.8, 4) is 6.07 Å². The monoisotopic (exact) mass is 468 g/mol. The van der Waals surface area contributed by atoms with E-state index in [0.29, 0.717) is 49.8 Å². The van der Waals surface area contributed by atoms with Crippen LogP contribution in [0.2, 0.25) is 0 Å². The highest BCUT2D eigenvalue weighted by Crippen LogP contribution is 2.19. The van der Waals surface area contributed by atoms with Crippen molar-refractivity contribution in [1.82, 2.24) is 9.88 Å². The molecule has 2 heterocycles. The predicted molar refractivity (Wildman–Crippen MR) is 136 cm³/mol. The van der Waals surface area contributed by atoms with E-state index in [2.05, 4.69) is 16.4 Å². The Labute approximate surface area is 205 Å². The topological polar surface area (TPSA) is 92.6 Å². The van der Waals surface area contributed by atoms with Crippen LogP contribution in [0, 0.1) is 11.3 Å². The summed E-state index contributed by atoms with van der Waals surface area (Å²) >= 11 is 0. The van der Waals surface area contributed by atoms with E-state index in [1.807, 2.05) is 66.4 Å².